The minimum atomic E-state index is -0.652. The fraction of sp³-hybridized carbons (Fsp3) is 0.286. The van der Waals surface area contributed by atoms with Crippen LogP contribution in [-0.2, 0) is 16.1 Å². The Balaban J connectivity index is 1.49. The number of esters is 1. The summed E-state index contributed by atoms with van der Waals surface area (Å²) in [7, 11) is 0. The fourth-order valence-electron chi connectivity index (χ4n) is 5.19. The molecular formula is C35H35N3O6S. The second-order valence-electron chi connectivity index (χ2n) is 11.0. The van der Waals surface area contributed by atoms with Crippen LogP contribution >= 0.6 is 11.3 Å². The average Bonchev–Trinajstić information content (AvgIpc) is 3.34. The van der Waals surface area contributed by atoms with E-state index in [1.165, 1.54) is 29.0 Å². The van der Waals surface area contributed by atoms with Gasteiger partial charge in [-0.15, -0.1) is 0 Å². The lowest BCUT2D eigenvalue weighted by molar-refractivity contribution is -0.384. The molecule has 0 saturated heterocycles. The Morgan fingerprint density at radius 2 is 1.73 bits per heavy atom. The van der Waals surface area contributed by atoms with Gasteiger partial charge in [-0.1, -0.05) is 74.9 Å². The van der Waals surface area contributed by atoms with Crippen LogP contribution in [0.3, 0.4) is 0 Å². The monoisotopic (exact) mass is 625 g/mol. The summed E-state index contributed by atoms with van der Waals surface area (Å²) in [5, 5.41) is 10.9. The Kier molecular flexibility index (Phi) is 9.73. The Hall–Kier alpha value is -4.83. The smallest absolute Gasteiger partial charge is 0.338 e. The second kappa shape index (κ2) is 13.9. The molecule has 3 aromatic carbocycles. The fourth-order valence-corrected chi connectivity index (χ4v) is 6.21. The van der Waals surface area contributed by atoms with E-state index >= 15 is 0 Å². The van der Waals surface area contributed by atoms with E-state index in [4.69, 9.17) is 14.5 Å². The van der Waals surface area contributed by atoms with Crippen molar-refractivity contribution >= 4 is 29.1 Å². The number of fused-ring (bicyclic) bond motifs is 1. The number of ether oxygens (including phenoxy) is 2. The molecule has 1 aliphatic rings. The highest BCUT2D eigenvalue weighted by atomic mass is 32.1. The first-order valence-corrected chi connectivity index (χ1v) is 15.8. The van der Waals surface area contributed by atoms with Crippen molar-refractivity contribution in [2.24, 2.45) is 4.99 Å². The van der Waals surface area contributed by atoms with Crippen LogP contribution in [0.15, 0.2) is 93.9 Å². The molecule has 0 spiro atoms. The van der Waals surface area contributed by atoms with Gasteiger partial charge in [0.25, 0.3) is 11.2 Å². The number of rotatable bonds is 11. The number of non-ortho nitro benzene ring substituents is 1. The Bertz CT molecular complexity index is 1900. The predicted octanol–water partition coefficient (Wildman–Crippen LogP) is 6.19. The van der Waals surface area contributed by atoms with Gasteiger partial charge in [0.1, 0.15) is 12.4 Å². The molecule has 1 aliphatic heterocycles. The number of nitro benzene ring substituents is 1. The van der Waals surface area contributed by atoms with E-state index in [0.29, 0.717) is 38.7 Å². The van der Waals surface area contributed by atoms with E-state index in [1.54, 1.807) is 23.6 Å². The quantitative estimate of drug-likeness (QED) is 0.112. The number of nitro groups is 1. The minimum absolute atomic E-state index is 0.0300. The molecule has 1 aromatic heterocycles. The van der Waals surface area contributed by atoms with Crippen molar-refractivity contribution in [2.75, 3.05) is 6.61 Å². The van der Waals surface area contributed by atoms with Crippen molar-refractivity contribution in [2.45, 2.75) is 59.1 Å². The maximum Gasteiger partial charge on any atom is 0.338 e. The molecule has 0 N–H and O–H groups in total. The van der Waals surface area contributed by atoms with Crippen LogP contribution in [0.5, 0.6) is 5.75 Å². The Morgan fingerprint density at radius 3 is 2.33 bits per heavy atom. The lowest BCUT2D eigenvalue weighted by Gasteiger charge is -2.26. The average molecular weight is 626 g/mol. The maximum atomic E-state index is 14.0. The number of hydrogen-bond donors (Lipinski definition) is 0. The predicted molar refractivity (Wildman–Crippen MR) is 174 cm³/mol. The third-order valence-corrected chi connectivity index (χ3v) is 8.52. The highest BCUT2D eigenvalue weighted by molar-refractivity contribution is 7.07. The lowest BCUT2D eigenvalue weighted by atomic mass is 9.92. The van der Waals surface area contributed by atoms with Gasteiger partial charge in [0.05, 0.1) is 33.4 Å². The van der Waals surface area contributed by atoms with Crippen molar-refractivity contribution in [3.05, 3.63) is 136 Å². The van der Waals surface area contributed by atoms with E-state index in [9.17, 15) is 19.7 Å². The van der Waals surface area contributed by atoms with Crippen molar-refractivity contribution in [3.8, 4) is 5.75 Å². The molecule has 9 nitrogen and oxygen atoms in total. The number of aromatic nitrogens is 1. The zero-order chi connectivity index (χ0) is 32.1. The van der Waals surface area contributed by atoms with E-state index in [2.05, 4.69) is 13.8 Å². The number of hydrogen-bond acceptors (Lipinski definition) is 8. The van der Waals surface area contributed by atoms with E-state index in [-0.39, 0.29) is 24.5 Å². The molecule has 0 saturated carbocycles. The third kappa shape index (κ3) is 6.96. The van der Waals surface area contributed by atoms with Gasteiger partial charge in [-0.2, -0.15) is 0 Å². The van der Waals surface area contributed by atoms with Gasteiger partial charge < -0.3 is 9.47 Å². The van der Waals surface area contributed by atoms with Crippen LogP contribution in [0.25, 0.3) is 6.08 Å². The van der Waals surface area contributed by atoms with Gasteiger partial charge in [0, 0.05) is 12.1 Å². The molecule has 2 heterocycles. The molecule has 0 fully saturated rings. The van der Waals surface area contributed by atoms with Gasteiger partial charge in [0.2, 0.25) is 0 Å². The van der Waals surface area contributed by atoms with Gasteiger partial charge in [-0.25, -0.2) is 9.79 Å². The Morgan fingerprint density at radius 1 is 1.04 bits per heavy atom. The third-order valence-electron chi connectivity index (χ3n) is 7.54. The number of thiazole rings is 1. The molecule has 4 aromatic rings. The first kappa shape index (κ1) is 31.6. The molecular weight excluding hydrogens is 590 g/mol. The highest BCUT2D eigenvalue weighted by Gasteiger charge is 2.34. The van der Waals surface area contributed by atoms with Gasteiger partial charge >= 0.3 is 5.97 Å². The summed E-state index contributed by atoms with van der Waals surface area (Å²) in [6, 6.07) is 21.0. The summed E-state index contributed by atoms with van der Waals surface area (Å²) < 4.78 is 13.5. The number of nitrogens with zero attached hydrogens (tertiary/aromatic N) is 3. The summed E-state index contributed by atoms with van der Waals surface area (Å²) in [5.74, 6) is 0.511. The standard InChI is InChI=1S/C35H35N3O6S/c1-5-7-29-31(34(40)43-6-2)32(26-14-12-25(13-15-26)22(3)4)37-33(39)30(45-35(37)36-29)20-23-10-18-28(19-11-23)44-21-24-8-16-27(17-9-24)38(41)42/h8-20,22,32H,5-7,21H2,1-4H3/b30-20-. The van der Waals surface area contributed by atoms with Gasteiger partial charge in [0.15, 0.2) is 4.80 Å². The SMILES string of the molecule is CCCC1=C(C(=O)OCC)C(c2ccc(C(C)C)cc2)n2c(s/c(=C\c3ccc(OCc4ccc([N+](=O)[O-])cc4)cc3)c2=O)=N1. The van der Waals surface area contributed by atoms with E-state index < -0.39 is 16.9 Å². The number of carbonyl (C=O) groups is 1. The van der Waals surface area contributed by atoms with Crippen LogP contribution < -0.4 is 19.6 Å². The molecule has 10 heteroatoms. The Labute approximate surface area is 264 Å². The first-order valence-electron chi connectivity index (χ1n) is 15.0. The lowest BCUT2D eigenvalue weighted by Crippen LogP contribution is -2.40. The molecule has 45 heavy (non-hydrogen) atoms. The molecule has 0 bridgehead atoms. The molecule has 0 amide bonds. The maximum absolute atomic E-state index is 14.0. The number of allylic oxidation sites excluding steroid dienone is 1. The number of carbonyl (C=O) groups excluding carboxylic acids is 1. The van der Waals surface area contributed by atoms with Crippen LogP contribution in [0.1, 0.15) is 74.8 Å². The minimum Gasteiger partial charge on any atom is -0.489 e. The zero-order valence-electron chi connectivity index (χ0n) is 25.7. The largest absolute Gasteiger partial charge is 0.489 e. The van der Waals surface area contributed by atoms with Crippen molar-refractivity contribution in [3.63, 3.8) is 0 Å². The summed E-state index contributed by atoms with van der Waals surface area (Å²) in [6.07, 6.45) is 3.19. The number of benzene rings is 3. The van der Waals surface area contributed by atoms with Crippen molar-refractivity contribution < 1.29 is 19.2 Å². The van der Waals surface area contributed by atoms with Crippen LogP contribution in [0.4, 0.5) is 5.69 Å². The molecule has 1 unspecified atom stereocenters. The van der Waals surface area contributed by atoms with Gasteiger partial charge in [-0.3, -0.25) is 19.5 Å². The topological polar surface area (TPSA) is 113 Å². The molecule has 1 atom stereocenters. The summed E-state index contributed by atoms with van der Waals surface area (Å²) in [4.78, 5) is 43.2. The first-order chi connectivity index (χ1) is 21.7. The zero-order valence-corrected chi connectivity index (χ0v) is 26.5. The molecule has 0 radical (unpaired) electrons. The summed E-state index contributed by atoms with van der Waals surface area (Å²) in [5.41, 5.74) is 4.47. The van der Waals surface area contributed by atoms with Crippen LogP contribution in [-0.4, -0.2) is 22.1 Å². The molecule has 0 aliphatic carbocycles. The summed E-state index contributed by atoms with van der Waals surface area (Å²) in [6.45, 7) is 8.53. The molecule has 5 rings (SSSR count). The van der Waals surface area contributed by atoms with E-state index in [0.717, 1.165) is 23.1 Å². The highest BCUT2D eigenvalue weighted by Crippen LogP contribution is 2.33. The van der Waals surface area contributed by atoms with Crippen molar-refractivity contribution in [1.82, 2.24) is 4.57 Å². The molecule has 232 valence electrons. The normalized spacial score (nSPS) is 14.7. The van der Waals surface area contributed by atoms with Gasteiger partial charge in [-0.05, 0) is 71.9 Å². The van der Waals surface area contributed by atoms with Crippen LogP contribution in [0, 0.1) is 10.1 Å². The van der Waals surface area contributed by atoms with E-state index in [1.807, 2.05) is 61.5 Å². The second-order valence-corrected chi connectivity index (χ2v) is 12.0. The van der Waals surface area contributed by atoms with Crippen LogP contribution in [0.2, 0.25) is 0 Å². The summed E-state index contributed by atoms with van der Waals surface area (Å²) >= 11 is 1.30. The van der Waals surface area contributed by atoms with Crippen molar-refractivity contribution in [1.29, 1.82) is 0 Å².